The van der Waals surface area contributed by atoms with Gasteiger partial charge in [-0.1, -0.05) is 30.3 Å². The second-order valence-electron chi connectivity index (χ2n) is 6.75. The summed E-state index contributed by atoms with van der Waals surface area (Å²) in [5, 5.41) is 0. The smallest absolute Gasteiger partial charge is 0.405 e. The van der Waals surface area contributed by atoms with Gasteiger partial charge in [0.15, 0.2) is 0 Å². The van der Waals surface area contributed by atoms with Gasteiger partial charge in [0.2, 0.25) is 5.91 Å². The van der Waals surface area contributed by atoms with Crippen molar-refractivity contribution in [3.8, 4) is 0 Å². The number of nitrogens with zero attached hydrogens (tertiary/aromatic N) is 1. The number of rotatable bonds is 4. The number of amides is 2. The van der Waals surface area contributed by atoms with E-state index >= 15 is 0 Å². The van der Waals surface area contributed by atoms with E-state index in [0.29, 0.717) is 19.4 Å². The van der Waals surface area contributed by atoms with Gasteiger partial charge in [-0.15, -0.1) is 0 Å². The minimum Gasteiger partial charge on any atom is -0.444 e. The van der Waals surface area contributed by atoms with Crippen molar-refractivity contribution in [3.63, 3.8) is 0 Å². The highest BCUT2D eigenvalue weighted by atomic mass is 16.6. The molecule has 2 rings (SSSR count). The van der Waals surface area contributed by atoms with Crippen LogP contribution in [0.1, 0.15) is 38.7 Å². The molecule has 0 aromatic heterocycles. The van der Waals surface area contributed by atoms with Crippen LogP contribution in [0.5, 0.6) is 0 Å². The molecule has 1 fully saturated rings. The predicted octanol–water partition coefficient (Wildman–Crippen LogP) is 2.44. The van der Waals surface area contributed by atoms with Crippen molar-refractivity contribution in [2.45, 2.75) is 44.1 Å². The molecule has 1 heterocycles. The van der Waals surface area contributed by atoms with E-state index in [4.69, 9.17) is 10.5 Å². The molecule has 1 aliphatic rings. The lowest BCUT2D eigenvalue weighted by Gasteiger charge is -2.45. The standard InChI is InChI=1S/C17H24N2O3/c1-16(2,22-15(18)21)11-17(13-7-5-4-6-8-13)10-9-14(20)19(3)12-17/h4-8H,9-12H2,1-3H3,(H2,18,21). The van der Waals surface area contributed by atoms with E-state index < -0.39 is 11.7 Å². The number of carbonyl (C=O) groups is 2. The predicted molar refractivity (Wildman–Crippen MR) is 84.4 cm³/mol. The van der Waals surface area contributed by atoms with E-state index in [0.717, 1.165) is 12.0 Å². The summed E-state index contributed by atoms with van der Waals surface area (Å²) < 4.78 is 5.28. The Balaban J connectivity index is 2.34. The van der Waals surface area contributed by atoms with Crippen LogP contribution in [0.15, 0.2) is 30.3 Å². The van der Waals surface area contributed by atoms with Gasteiger partial charge in [-0.2, -0.15) is 0 Å². The molecule has 0 saturated carbocycles. The van der Waals surface area contributed by atoms with Gasteiger partial charge in [0.25, 0.3) is 0 Å². The Bertz CT molecular complexity index is 556. The first-order valence-corrected chi connectivity index (χ1v) is 7.52. The quantitative estimate of drug-likeness (QED) is 0.928. The molecule has 2 amide bonds. The minimum atomic E-state index is -0.770. The maximum atomic E-state index is 11.9. The third-order valence-corrected chi connectivity index (χ3v) is 4.31. The van der Waals surface area contributed by atoms with Gasteiger partial charge in [0, 0.05) is 25.4 Å². The summed E-state index contributed by atoms with van der Waals surface area (Å²) in [5.41, 5.74) is 5.43. The van der Waals surface area contributed by atoms with Crippen LogP contribution in [0.4, 0.5) is 4.79 Å². The first kappa shape index (κ1) is 16.3. The number of hydrogen-bond donors (Lipinski definition) is 1. The fraction of sp³-hybridized carbons (Fsp3) is 0.529. The number of carbonyl (C=O) groups excluding carboxylic acids is 2. The number of likely N-dealkylation sites (tertiary alicyclic amines) is 1. The van der Waals surface area contributed by atoms with Crippen LogP contribution in [-0.2, 0) is 14.9 Å². The Labute approximate surface area is 131 Å². The van der Waals surface area contributed by atoms with Crippen molar-refractivity contribution < 1.29 is 14.3 Å². The zero-order chi connectivity index (χ0) is 16.4. The monoisotopic (exact) mass is 304 g/mol. The van der Waals surface area contributed by atoms with Crippen LogP contribution in [-0.4, -0.2) is 36.1 Å². The van der Waals surface area contributed by atoms with Crippen LogP contribution in [0.25, 0.3) is 0 Å². The maximum absolute atomic E-state index is 11.9. The van der Waals surface area contributed by atoms with E-state index in [2.05, 4.69) is 12.1 Å². The van der Waals surface area contributed by atoms with Crippen molar-refractivity contribution >= 4 is 12.0 Å². The van der Waals surface area contributed by atoms with Gasteiger partial charge < -0.3 is 15.4 Å². The summed E-state index contributed by atoms with van der Waals surface area (Å²) in [6.45, 7) is 4.33. The number of primary amides is 1. The summed E-state index contributed by atoms with van der Waals surface area (Å²) in [4.78, 5) is 24.8. The van der Waals surface area contributed by atoms with Crippen molar-refractivity contribution in [2.24, 2.45) is 5.73 Å². The number of likely N-dealkylation sites (N-methyl/N-ethyl adjacent to an activating group) is 1. The van der Waals surface area contributed by atoms with E-state index in [1.165, 1.54) is 0 Å². The molecule has 0 spiro atoms. The lowest BCUT2D eigenvalue weighted by molar-refractivity contribution is -0.135. The number of hydrogen-bond acceptors (Lipinski definition) is 3. The largest absolute Gasteiger partial charge is 0.444 e. The molecule has 5 nitrogen and oxygen atoms in total. The third-order valence-electron chi connectivity index (χ3n) is 4.31. The SMILES string of the molecule is CN1CC(CC(C)(C)OC(N)=O)(c2ccccc2)CCC1=O. The highest BCUT2D eigenvalue weighted by Gasteiger charge is 2.43. The first-order chi connectivity index (χ1) is 10.2. The second kappa shape index (κ2) is 5.99. The molecule has 1 aromatic rings. The van der Waals surface area contributed by atoms with Gasteiger partial charge in [-0.25, -0.2) is 4.79 Å². The average molecular weight is 304 g/mol. The fourth-order valence-corrected chi connectivity index (χ4v) is 3.56. The van der Waals surface area contributed by atoms with Gasteiger partial charge >= 0.3 is 6.09 Å². The van der Waals surface area contributed by atoms with E-state index in [-0.39, 0.29) is 11.3 Å². The number of piperidine rings is 1. The van der Waals surface area contributed by atoms with Crippen LogP contribution in [0.3, 0.4) is 0 Å². The van der Waals surface area contributed by atoms with Crippen molar-refractivity contribution in [2.75, 3.05) is 13.6 Å². The Kier molecular flexibility index (Phi) is 4.44. The summed E-state index contributed by atoms with van der Waals surface area (Å²) in [5.74, 6) is 0.153. The van der Waals surface area contributed by atoms with Crippen LogP contribution in [0, 0.1) is 0 Å². The van der Waals surface area contributed by atoms with Crippen molar-refractivity contribution in [1.29, 1.82) is 0 Å². The number of nitrogens with two attached hydrogens (primary N) is 1. The molecule has 0 bridgehead atoms. The molecule has 2 N–H and O–H groups in total. The van der Waals surface area contributed by atoms with Gasteiger partial charge in [0.05, 0.1) is 0 Å². The Hall–Kier alpha value is -2.04. The molecule has 120 valence electrons. The number of ether oxygens (including phenoxy) is 1. The highest BCUT2D eigenvalue weighted by Crippen LogP contribution is 2.41. The van der Waals surface area contributed by atoms with Crippen LogP contribution in [0.2, 0.25) is 0 Å². The molecule has 1 atom stereocenters. The maximum Gasteiger partial charge on any atom is 0.405 e. The van der Waals surface area contributed by atoms with Gasteiger partial charge in [-0.05, 0) is 32.3 Å². The molecule has 1 unspecified atom stereocenters. The lowest BCUT2D eigenvalue weighted by atomic mass is 9.68. The summed E-state index contributed by atoms with van der Waals surface area (Å²) in [7, 11) is 1.82. The van der Waals surface area contributed by atoms with Gasteiger partial charge in [-0.3, -0.25) is 4.79 Å². The molecule has 5 heteroatoms. The second-order valence-corrected chi connectivity index (χ2v) is 6.75. The highest BCUT2D eigenvalue weighted by molar-refractivity contribution is 5.77. The van der Waals surface area contributed by atoms with Crippen LogP contribution < -0.4 is 5.73 Å². The fourth-order valence-electron chi connectivity index (χ4n) is 3.56. The average Bonchev–Trinajstić information content (AvgIpc) is 2.42. The normalized spacial score (nSPS) is 22.5. The summed E-state index contributed by atoms with van der Waals surface area (Å²) >= 11 is 0. The summed E-state index contributed by atoms with van der Waals surface area (Å²) in [6.07, 6.45) is 1.09. The first-order valence-electron chi connectivity index (χ1n) is 7.52. The zero-order valence-electron chi connectivity index (χ0n) is 13.5. The molecular weight excluding hydrogens is 280 g/mol. The molecule has 1 aromatic carbocycles. The van der Waals surface area contributed by atoms with Crippen molar-refractivity contribution in [1.82, 2.24) is 4.90 Å². The van der Waals surface area contributed by atoms with Gasteiger partial charge in [0.1, 0.15) is 5.60 Å². The Morgan fingerprint density at radius 1 is 1.36 bits per heavy atom. The van der Waals surface area contributed by atoms with Crippen LogP contribution >= 0.6 is 0 Å². The topological polar surface area (TPSA) is 72.6 Å². The molecule has 22 heavy (non-hydrogen) atoms. The van der Waals surface area contributed by atoms with Crippen molar-refractivity contribution in [3.05, 3.63) is 35.9 Å². The Morgan fingerprint density at radius 3 is 2.55 bits per heavy atom. The molecule has 1 saturated heterocycles. The molecule has 0 radical (unpaired) electrons. The lowest BCUT2D eigenvalue weighted by Crippen LogP contribution is -2.51. The summed E-state index contributed by atoms with van der Waals surface area (Å²) in [6, 6.07) is 10.1. The number of benzene rings is 1. The Morgan fingerprint density at radius 2 is 2.00 bits per heavy atom. The molecule has 0 aliphatic carbocycles. The molecular formula is C17H24N2O3. The van der Waals surface area contributed by atoms with E-state index in [1.807, 2.05) is 39.1 Å². The third kappa shape index (κ3) is 3.59. The molecule has 1 aliphatic heterocycles. The van der Waals surface area contributed by atoms with E-state index in [1.54, 1.807) is 4.90 Å². The van der Waals surface area contributed by atoms with E-state index in [9.17, 15) is 9.59 Å². The minimum absolute atomic E-state index is 0.153. The zero-order valence-corrected chi connectivity index (χ0v) is 13.5.